The zero-order chi connectivity index (χ0) is 21.3. The highest BCUT2D eigenvalue weighted by molar-refractivity contribution is 5.94. The molecule has 0 N–H and O–H groups in total. The fourth-order valence-electron chi connectivity index (χ4n) is 3.31. The third kappa shape index (κ3) is 5.63. The second-order valence-corrected chi connectivity index (χ2v) is 7.40. The lowest BCUT2D eigenvalue weighted by Crippen LogP contribution is -2.43. The Balaban J connectivity index is 1.78. The lowest BCUT2D eigenvalue weighted by molar-refractivity contribution is -0.133. The molecular weight excluding hydrogens is 378 g/mol. The van der Waals surface area contributed by atoms with Crippen LogP contribution in [0.2, 0.25) is 0 Å². The van der Waals surface area contributed by atoms with Gasteiger partial charge in [-0.3, -0.25) is 9.59 Å². The highest BCUT2D eigenvalue weighted by Gasteiger charge is 2.24. The largest absolute Gasteiger partial charge is 0.459 e. The van der Waals surface area contributed by atoms with Crippen LogP contribution in [-0.4, -0.2) is 39.3 Å². The third-order valence-electron chi connectivity index (χ3n) is 5.10. The number of unbranched alkanes of at least 4 members (excludes halogenated alkanes) is 1. The fourth-order valence-corrected chi connectivity index (χ4v) is 3.31. The van der Waals surface area contributed by atoms with Crippen molar-refractivity contribution in [2.75, 3.05) is 13.1 Å². The molecule has 0 fully saturated rings. The smallest absolute Gasteiger partial charge is 0.290 e. The van der Waals surface area contributed by atoms with Crippen molar-refractivity contribution in [2.45, 2.75) is 32.9 Å². The van der Waals surface area contributed by atoms with Crippen LogP contribution in [-0.2, 0) is 24.9 Å². The Labute approximate surface area is 177 Å². The van der Waals surface area contributed by atoms with Crippen molar-refractivity contribution in [3.05, 3.63) is 84.1 Å². The van der Waals surface area contributed by atoms with E-state index >= 15 is 0 Å². The van der Waals surface area contributed by atoms with Crippen LogP contribution in [0.5, 0.6) is 0 Å². The van der Waals surface area contributed by atoms with E-state index in [0.29, 0.717) is 19.6 Å². The second-order valence-electron chi connectivity index (χ2n) is 7.40. The van der Waals surface area contributed by atoms with E-state index in [1.807, 2.05) is 60.3 Å². The van der Waals surface area contributed by atoms with Crippen LogP contribution in [0.15, 0.2) is 71.5 Å². The van der Waals surface area contributed by atoms with E-state index < -0.39 is 0 Å². The van der Waals surface area contributed by atoms with Crippen LogP contribution >= 0.6 is 0 Å². The van der Waals surface area contributed by atoms with Gasteiger partial charge >= 0.3 is 0 Å². The van der Waals surface area contributed by atoms with Gasteiger partial charge in [0.1, 0.15) is 6.54 Å². The highest BCUT2D eigenvalue weighted by Crippen LogP contribution is 2.13. The monoisotopic (exact) mass is 407 g/mol. The Morgan fingerprint density at radius 3 is 2.40 bits per heavy atom. The molecule has 2 heterocycles. The van der Waals surface area contributed by atoms with Gasteiger partial charge in [0.25, 0.3) is 5.91 Å². The van der Waals surface area contributed by atoms with Gasteiger partial charge in [0, 0.05) is 32.0 Å². The summed E-state index contributed by atoms with van der Waals surface area (Å²) in [5.41, 5.74) is 2.09. The molecule has 0 atom stereocenters. The molecule has 0 aliphatic carbocycles. The van der Waals surface area contributed by atoms with E-state index in [1.54, 1.807) is 21.9 Å². The second kappa shape index (κ2) is 10.5. The Hall–Kier alpha value is -3.28. The molecule has 6 heteroatoms. The molecule has 0 bridgehead atoms. The van der Waals surface area contributed by atoms with Crippen molar-refractivity contribution in [2.24, 2.45) is 7.05 Å². The van der Waals surface area contributed by atoms with Crippen LogP contribution in [0.4, 0.5) is 0 Å². The van der Waals surface area contributed by atoms with Gasteiger partial charge in [-0.25, -0.2) is 0 Å². The number of benzene rings is 1. The molecule has 30 heavy (non-hydrogen) atoms. The van der Waals surface area contributed by atoms with Gasteiger partial charge in [-0.1, -0.05) is 43.7 Å². The van der Waals surface area contributed by atoms with Gasteiger partial charge < -0.3 is 18.8 Å². The minimum absolute atomic E-state index is 0.0246. The molecule has 3 aromatic rings. The van der Waals surface area contributed by atoms with E-state index in [1.165, 1.54) is 6.26 Å². The summed E-state index contributed by atoms with van der Waals surface area (Å²) >= 11 is 0. The van der Waals surface area contributed by atoms with Gasteiger partial charge in [-0.15, -0.1) is 0 Å². The maximum atomic E-state index is 13.3. The van der Waals surface area contributed by atoms with Crippen LogP contribution < -0.4 is 0 Å². The molecule has 6 nitrogen and oxygen atoms in total. The summed E-state index contributed by atoms with van der Waals surface area (Å²) in [6.45, 7) is 3.57. The number of aromatic nitrogens is 1. The van der Waals surface area contributed by atoms with Gasteiger partial charge in [-0.05, 0) is 36.2 Å². The van der Waals surface area contributed by atoms with E-state index in [9.17, 15) is 9.59 Å². The maximum Gasteiger partial charge on any atom is 0.290 e. The lowest BCUT2D eigenvalue weighted by atomic mass is 10.2. The summed E-state index contributed by atoms with van der Waals surface area (Å²) in [6.07, 6.45) is 5.21. The van der Waals surface area contributed by atoms with Crippen LogP contribution in [0.1, 0.15) is 41.6 Å². The number of nitrogens with zero attached hydrogens (tertiary/aromatic N) is 3. The SMILES string of the molecule is CCCCN(CC(=O)N(Cc1ccccc1)Cc1cccn1C)C(=O)c1ccco1. The summed E-state index contributed by atoms with van der Waals surface area (Å²) in [5.74, 6) is -0.0765. The zero-order valence-corrected chi connectivity index (χ0v) is 17.7. The highest BCUT2D eigenvalue weighted by atomic mass is 16.3. The number of aryl methyl sites for hydroxylation is 1. The van der Waals surface area contributed by atoms with Crippen molar-refractivity contribution in [1.29, 1.82) is 0 Å². The van der Waals surface area contributed by atoms with Gasteiger partial charge in [0.05, 0.1) is 12.8 Å². The first-order valence-corrected chi connectivity index (χ1v) is 10.3. The number of rotatable bonds is 10. The number of carbonyl (C=O) groups excluding carboxylic acids is 2. The molecule has 1 aromatic carbocycles. The molecular formula is C24H29N3O3. The normalized spacial score (nSPS) is 10.7. The number of carbonyl (C=O) groups is 2. The van der Waals surface area contributed by atoms with Crippen molar-refractivity contribution >= 4 is 11.8 Å². The molecule has 0 radical (unpaired) electrons. The first kappa shape index (κ1) is 21.4. The summed E-state index contributed by atoms with van der Waals surface area (Å²) in [7, 11) is 1.97. The summed E-state index contributed by atoms with van der Waals surface area (Å²) in [6, 6.07) is 17.2. The minimum Gasteiger partial charge on any atom is -0.459 e. The number of hydrogen-bond donors (Lipinski definition) is 0. The van der Waals surface area contributed by atoms with Crippen molar-refractivity contribution in [3.63, 3.8) is 0 Å². The Bertz CT molecular complexity index is 932. The first-order valence-electron chi connectivity index (χ1n) is 10.3. The average Bonchev–Trinajstić information content (AvgIpc) is 3.43. The topological polar surface area (TPSA) is 58.7 Å². The zero-order valence-electron chi connectivity index (χ0n) is 17.7. The van der Waals surface area contributed by atoms with Crippen molar-refractivity contribution in [3.8, 4) is 0 Å². The average molecular weight is 408 g/mol. The number of hydrogen-bond acceptors (Lipinski definition) is 3. The van der Waals surface area contributed by atoms with E-state index in [-0.39, 0.29) is 24.1 Å². The molecule has 0 spiro atoms. The van der Waals surface area contributed by atoms with Crippen LogP contribution in [0.25, 0.3) is 0 Å². The lowest BCUT2D eigenvalue weighted by Gasteiger charge is -2.27. The molecule has 0 aliphatic rings. The molecule has 158 valence electrons. The Morgan fingerprint density at radius 1 is 0.967 bits per heavy atom. The van der Waals surface area contributed by atoms with Gasteiger partial charge in [-0.2, -0.15) is 0 Å². The molecule has 0 unspecified atom stereocenters. The first-order chi connectivity index (χ1) is 14.6. The van der Waals surface area contributed by atoms with Crippen molar-refractivity contribution in [1.82, 2.24) is 14.4 Å². The Morgan fingerprint density at radius 2 is 1.77 bits per heavy atom. The third-order valence-corrected chi connectivity index (χ3v) is 5.10. The van der Waals surface area contributed by atoms with E-state index in [2.05, 4.69) is 6.92 Å². The predicted octanol–water partition coefficient (Wildman–Crippen LogP) is 4.09. The molecule has 0 aliphatic heterocycles. The maximum absolute atomic E-state index is 13.3. The van der Waals surface area contributed by atoms with E-state index in [4.69, 9.17) is 4.42 Å². The summed E-state index contributed by atoms with van der Waals surface area (Å²) < 4.78 is 7.28. The predicted molar refractivity (Wildman–Crippen MR) is 116 cm³/mol. The van der Waals surface area contributed by atoms with E-state index in [0.717, 1.165) is 24.1 Å². The summed E-state index contributed by atoms with van der Waals surface area (Å²) in [4.78, 5) is 29.6. The van der Waals surface area contributed by atoms with Crippen LogP contribution in [0, 0.1) is 0 Å². The fraction of sp³-hybridized carbons (Fsp3) is 0.333. The minimum atomic E-state index is -0.250. The standard InChI is InChI=1S/C24H29N3O3/c1-3-4-15-26(24(29)22-13-9-16-30-22)19-23(28)27(17-20-10-6-5-7-11-20)18-21-12-8-14-25(21)2/h5-14,16H,3-4,15,17-19H2,1-2H3. The van der Waals surface area contributed by atoms with Crippen LogP contribution in [0.3, 0.4) is 0 Å². The quantitative estimate of drug-likeness (QED) is 0.509. The molecule has 0 saturated heterocycles. The Kier molecular flexibility index (Phi) is 7.49. The van der Waals surface area contributed by atoms with Gasteiger partial charge in [0.15, 0.2) is 5.76 Å². The molecule has 3 rings (SSSR count). The van der Waals surface area contributed by atoms with Gasteiger partial charge in [0.2, 0.25) is 5.91 Å². The molecule has 0 saturated carbocycles. The number of furan rings is 1. The molecule has 2 aromatic heterocycles. The van der Waals surface area contributed by atoms with Crippen molar-refractivity contribution < 1.29 is 14.0 Å². The number of amides is 2. The molecule has 2 amide bonds. The summed E-state index contributed by atoms with van der Waals surface area (Å²) in [5, 5.41) is 0.